The van der Waals surface area contributed by atoms with E-state index in [9.17, 15) is 9.59 Å². The minimum Gasteiger partial charge on any atom is -0.465 e. The summed E-state index contributed by atoms with van der Waals surface area (Å²) >= 11 is 0. The van der Waals surface area contributed by atoms with Crippen molar-refractivity contribution in [3.05, 3.63) is 35.4 Å². The molecule has 1 aromatic rings. The first kappa shape index (κ1) is 18.4. The second-order valence-electron chi connectivity index (χ2n) is 4.47. The molecule has 0 aromatic heterocycles. The second-order valence-corrected chi connectivity index (χ2v) is 4.47. The van der Waals surface area contributed by atoms with Gasteiger partial charge in [0.15, 0.2) is 0 Å². The number of carbonyl (C=O) groups excluding carboxylic acids is 2. The molecule has 0 saturated heterocycles. The molecule has 3 N–H and O–H groups in total. The Bertz CT molecular complexity index is 433. The number of nitrogens with one attached hydrogen (secondary N) is 1. The van der Waals surface area contributed by atoms with Crippen LogP contribution >= 0.6 is 12.4 Å². The molecule has 1 unspecified atom stereocenters. The summed E-state index contributed by atoms with van der Waals surface area (Å²) in [6.07, 6.45) is 1.05. The van der Waals surface area contributed by atoms with Crippen LogP contribution in [0.25, 0.3) is 0 Å². The Labute approximate surface area is 125 Å². The number of carbonyl (C=O) groups is 2. The van der Waals surface area contributed by atoms with Gasteiger partial charge < -0.3 is 15.8 Å². The summed E-state index contributed by atoms with van der Waals surface area (Å²) in [5.41, 5.74) is 7.10. The maximum atomic E-state index is 11.4. The number of rotatable bonds is 6. The highest BCUT2D eigenvalue weighted by Crippen LogP contribution is 2.06. The average molecular weight is 301 g/mol. The molecule has 1 aromatic carbocycles. The van der Waals surface area contributed by atoms with Crippen LogP contribution in [-0.2, 0) is 16.0 Å². The van der Waals surface area contributed by atoms with Crippen LogP contribution in [0.2, 0.25) is 0 Å². The highest BCUT2D eigenvalue weighted by molar-refractivity contribution is 5.89. The standard InChI is InChI=1S/C14H20N2O3.ClH/c1-10(15)9-13(17)16-8-7-11-3-5-12(6-4-11)14(18)19-2;/h3-6,10H,7-9,15H2,1-2H3,(H,16,17);1H. The molecule has 20 heavy (non-hydrogen) atoms. The summed E-state index contributed by atoms with van der Waals surface area (Å²) < 4.78 is 4.62. The highest BCUT2D eigenvalue weighted by atomic mass is 35.5. The number of ether oxygens (including phenoxy) is 1. The molecule has 0 aliphatic rings. The fourth-order valence-electron chi connectivity index (χ4n) is 1.64. The Hall–Kier alpha value is -1.59. The molecule has 1 amide bonds. The van der Waals surface area contributed by atoms with E-state index >= 15 is 0 Å². The van der Waals surface area contributed by atoms with Crippen molar-refractivity contribution in [2.45, 2.75) is 25.8 Å². The molecule has 0 bridgehead atoms. The zero-order valence-electron chi connectivity index (χ0n) is 11.7. The zero-order chi connectivity index (χ0) is 14.3. The third-order valence-corrected chi connectivity index (χ3v) is 2.62. The van der Waals surface area contributed by atoms with Crippen molar-refractivity contribution < 1.29 is 14.3 Å². The fraction of sp³-hybridized carbons (Fsp3) is 0.429. The van der Waals surface area contributed by atoms with Gasteiger partial charge in [-0.1, -0.05) is 12.1 Å². The molecule has 1 rings (SSSR count). The van der Waals surface area contributed by atoms with E-state index in [2.05, 4.69) is 10.1 Å². The molecule has 0 radical (unpaired) electrons. The lowest BCUT2D eigenvalue weighted by atomic mass is 10.1. The van der Waals surface area contributed by atoms with Crippen molar-refractivity contribution in [3.63, 3.8) is 0 Å². The van der Waals surface area contributed by atoms with Crippen molar-refractivity contribution >= 4 is 24.3 Å². The minimum atomic E-state index is -0.350. The Balaban J connectivity index is 0.00000361. The van der Waals surface area contributed by atoms with Gasteiger partial charge in [0.05, 0.1) is 12.7 Å². The van der Waals surface area contributed by atoms with Crippen LogP contribution in [0.5, 0.6) is 0 Å². The zero-order valence-corrected chi connectivity index (χ0v) is 12.5. The van der Waals surface area contributed by atoms with Crippen LogP contribution in [0.15, 0.2) is 24.3 Å². The van der Waals surface area contributed by atoms with Crippen LogP contribution in [0.4, 0.5) is 0 Å². The minimum absolute atomic E-state index is 0. The average Bonchev–Trinajstić information content (AvgIpc) is 2.37. The SMILES string of the molecule is COC(=O)c1ccc(CCNC(=O)CC(C)N)cc1.Cl. The van der Waals surface area contributed by atoms with Gasteiger partial charge in [0.25, 0.3) is 0 Å². The van der Waals surface area contributed by atoms with Gasteiger partial charge in [0.2, 0.25) is 5.91 Å². The predicted molar refractivity (Wildman–Crippen MR) is 80.0 cm³/mol. The van der Waals surface area contributed by atoms with E-state index in [1.54, 1.807) is 19.1 Å². The first-order valence-corrected chi connectivity index (χ1v) is 6.22. The second kappa shape index (κ2) is 9.34. The summed E-state index contributed by atoms with van der Waals surface area (Å²) in [4.78, 5) is 22.6. The van der Waals surface area contributed by atoms with Crippen LogP contribution in [-0.4, -0.2) is 31.6 Å². The third kappa shape index (κ3) is 6.54. The quantitative estimate of drug-likeness (QED) is 0.776. The molecule has 6 heteroatoms. The molecule has 0 saturated carbocycles. The molecule has 5 nitrogen and oxygen atoms in total. The Morgan fingerprint density at radius 3 is 2.40 bits per heavy atom. The van der Waals surface area contributed by atoms with Gasteiger partial charge in [-0.05, 0) is 31.0 Å². The van der Waals surface area contributed by atoms with Crippen molar-refractivity contribution in [2.24, 2.45) is 5.73 Å². The number of amides is 1. The summed E-state index contributed by atoms with van der Waals surface area (Å²) in [6, 6.07) is 7.00. The Morgan fingerprint density at radius 2 is 1.90 bits per heavy atom. The molecule has 0 spiro atoms. The molecular formula is C14H21ClN2O3. The lowest BCUT2D eigenvalue weighted by molar-refractivity contribution is -0.121. The summed E-state index contributed by atoms with van der Waals surface area (Å²) in [6.45, 7) is 2.36. The van der Waals surface area contributed by atoms with Gasteiger partial charge in [-0.2, -0.15) is 0 Å². The molecule has 0 aliphatic heterocycles. The van der Waals surface area contributed by atoms with Crippen molar-refractivity contribution in [1.29, 1.82) is 0 Å². The summed E-state index contributed by atoms with van der Waals surface area (Å²) in [5.74, 6) is -0.391. The van der Waals surface area contributed by atoms with E-state index in [0.29, 0.717) is 24.9 Å². The number of halogens is 1. The van der Waals surface area contributed by atoms with E-state index in [-0.39, 0.29) is 30.3 Å². The number of benzene rings is 1. The van der Waals surface area contributed by atoms with Crippen LogP contribution < -0.4 is 11.1 Å². The van der Waals surface area contributed by atoms with Gasteiger partial charge >= 0.3 is 5.97 Å². The Morgan fingerprint density at radius 1 is 1.30 bits per heavy atom. The topological polar surface area (TPSA) is 81.4 Å². The van der Waals surface area contributed by atoms with Gasteiger partial charge in [0, 0.05) is 19.0 Å². The lowest BCUT2D eigenvalue weighted by Gasteiger charge is -2.07. The first-order valence-electron chi connectivity index (χ1n) is 6.22. The first-order chi connectivity index (χ1) is 9.02. The Kier molecular flexibility index (Phi) is 8.59. The summed E-state index contributed by atoms with van der Waals surface area (Å²) in [5, 5.41) is 2.80. The van der Waals surface area contributed by atoms with E-state index in [1.807, 2.05) is 12.1 Å². The largest absolute Gasteiger partial charge is 0.465 e. The van der Waals surface area contributed by atoms with Gasteiger partial charge in [-0.15, -0.1) is 12.4 Å². The predicted octanol–water partition coefficient (Wildman–Crippen LogP) is 1.29. The highest BCUT2D eigenvalue weighted by Gasteiger charge is 2.06. The van der Waals surface area contributed by atoms with E-state index < -0.39 is 0 Å². The van der Waals surface area contributed by atoms with Crippen LogP contribution in [0.3, 0.4) is 0 Å². The number of hydrogen-bond acceptors (Lipinski definition) is 4. The molecule has 0 fully saturated rings. The molecule has 112 valence electrons. The fourth-order valence-corrected chi connectivity index (χ4v) is 1.64. The van der Waals surface area contributed by atoms with Crippen LogP contribution in [0, 0.1) is 0 Å². The molecule has 0 aliphatic carbocycles. The third-order valence-electron chi connectivity index (χ3n) is 2.62. The maximum absolute atomic E-state index is 11.4. The number of esters is 1. The van der Waals surface area contributed by atoms with Crippen LogP contribution in [0.1, 0.15) is 29.3 Å². The molecule has 1 atom stereocenters. The van der Waals surface area contributed by atoms with E-state index in [1.165, 1.54) is 7.11 Å². The smallest absolute Gasteiger partial charge is 0.337 e. The number of methoxy groups -OCH3 is 1. The number of nitrogens with two attached hydrogens (primary N) is 1. The van der Waals surface area contributed by atoms with Crippen molar-refractivity contribution in [1.82, 2.24) is 5.32 Å². The molecular weight excluding hydrogens is 280 g/mol. The monoisotopic (exact) mass is 300 g/mol. The van der Waals surface area contributed by atoms with Gasteiger partial charge in [-0.25, -0.2) is 4.79 Å². The normalized spacial score (nSPS) is 11.2. The number of hydrogen-bond donors (Lipinski definition) is 2. The van der Waals surface area contributed by atoms with Gasteiger partial charge in [-0.3, -0.25) is 4.79 Å². The van der Waals surface area contributed by atoms with Crippen molar-refractivity contribution in [2.75, 3.05) is 13.7 Å². The summed E-state index contributed by atoms with van der Waals surface area (Å²) in [7, 11) is 1.35. The lowest BCUT2D eigenvalue weighted by Crippen LogP contribution is -2.31. The van der Waals surface area contributed by atoms with E-state index in [0.717, 1.165) is 5.56 Å². The van der Waals surface area contributed by atoms with Gasteiger partial charge in [0.1, 0.15) is 0 Å². The van der Waals surface area contributed by atoms with E-state index in [4.69, 9.17) is 5.73 Å². The maximum Gasteiger partial charge on any atom is 0.337 e. The van der Waals surface area contributed by atoms with Crippen molar-refractivity contribution in [3.8, 4) is 0 Å². The molecule has 0 heterocycles.